The SMILES string of the molecule is Cc1ccc(Cl)cc1NC(=O)[C@H](C)OC(=O)c1csc(-c2ccccc2)n1. The maximum Gasteiger partial charge on any atom is 0.358 e. The van der Waals surface area contributed by atoms with E-state index in [0.29, 0.717) is 15.7 Å². The summed E-state index contributed by atoms with van der Waals surface area (Å²) in [7, 11) is 0. The fourth-order valence-electron chi connectivity index (χ4n) is 2.32. The van der Waals surface area contributed by atoms with Gasteiger partial charge in [-0.15, -0.1) is 11.3 Å². The minimum absolute atomic E-state index is 0.178. The van der Waals surface area contributed by atoms with E-state index in [1.165, 1.54) is 18.3 Å². The second kappa shape index (κ2) is 8.33. The second-order valence-corrected chi connectivity index (χ2v) is 7.19. The minimum atomic E-state index is -0.974. The molecule has 1 atom stereocenters. The molecule has 7 heteroatoms. The predicted molar refractivity (Wildman–Crippen MR) is 107 cm³/mol. The van der Waals surface area contributed by atoms with Gasteiger partial charge in [-0.2, -0.15) is 0 Å². The minimum Gasteiger partial charge on any atom is -0.448 e. The monoisotopic (exact) mass is 400 g/mol. The first-order valence-corrected chi connectivity index (χ1v) is 9.49. The van der Waals surface area contributed by atoms with E-state index >= 15 is 0 Å². The van der Waals surface area contributed by atoms with Gasteiger partial charge in [0.2, 0.25) is 0 Å². The van der Waals surface area contributed by atoms with Crippen molar-refractivity contribution in [1.29, 1.82) is 0 Å². The summed E-state index contributed by atoms with van der Waals surface area (Å²) < 4.78 is 5.25. The quantitative estimate of drug-likeness (QED) is 0.615. The molecule has 0 fully saturated rings. The highest BCUT2D eigenvalue weighted by Gasteiger charge is 2.21. The Morgan fingerprint density at radius 2 is 1.93 bits per heavy atom. The third kappa shape index (κ3) is 4.72. The van der Waals surface area contributed by atoms with Crippen LogP contribution in [-0.2, 0) is 9.53 Å². The molecule has 1 heterocycles. The number of aryl methyl sites for hydroxylation is 1. The Labute approximate surface area is 166 Å². The van der Waals surface area contributed by atoms with E-state index in [1.54, 1.807) is 23.6 Å². The summed E-state index contributed by atoms with van der Waals surface area (Å²) in [5.41, 5.74) is 2.54. The van der Waals surface area contributed by atoms with Crippen molar-refractivity contribution >= 4 is 40.5 Å². The number of halogens is 1. The Morgan fingerprint density at radius 3 is 2.67 bits per heavy atom. The van der Waals surface area contributed by atoms with Crippen molar-refractivity contribution < 1.29 is 14.3 Å². The summed E-state index contributed by atoms with van der Waals surface area (Å²) in [6.45, 7) is 3.36. The number of aromatic nitrogens is 1. The third-order valence-electron chi connectivity index (χ3n) is 3.84. The number of amides is 1. The number of hydrogen-bond acceptors (Lipinski definition) is 5. The van der Waals surface area contributed by atoms with Gasteiger partial charge in [-0.1, -0.05) is 48.0 Å². The van der Waals surface area contributed by atoms with Crippen molar-refractivity contribution in [3.05, 3.63) is 70.2 Å². The number of carbonyl (C=O) groups excluding carboxylic acids is 2. The molecule has 1 amide bonds. The van der Waals surface area contributed by atoms with Gasteiger partial charge in [0.1, 0.15) is 5.01 Å². The number of rotatable bonds is 5. The van der Waals surface area contributed by atoms with Gasteiger partial charge in [0.15, 0.2) is 11.8 Å². The normalized spacial score (nSPS) is 11.7. The number of hydrogen-bond donors (Lipinski definition) is 1. The molecule has 3 rings (SSSR count). The Morgan fingerprint density at radius 1 is 1.19 bits per heavy atom. The summed E-state index contributed by atoms with van der Waals surface area (Å²) in [5, 5.41) is 5.57. The van der Waals surface area contributed by atoms with Crippen LogP contribution in [0.3, 0.4) is 0 Å². The molecule has 1 aromatic heterocycles. The Bertz CT molecular complexity index is 972. The Kier molecular flexibility index (Phi) is 5.88. The molecule has 1 N–H and O–H groups in total. The van der Waals surface area contributed by atoms with Gasteiger partial charge < -0.3 is 10.1 Å². The maximum atomic E-state index is 12.3. The molecule has 0 aliphatic carbocycles. The van der Waals surface area contributed by atoms with E-state index in [1.807, 2.05) is 37.3 Å². The Balaban J connectivity index is 1.64. The molecular weight excluding hydrogens is 384 g/mol. The lowest BCUT2D eigenvalue weighted by Crippen LogP contribution is -2.30. The third-order valence-corrected chi connectivity index (χ3v) is 4.97. The van der Waals surface area contributed by atoms with Crippen LogP contribution in [0, 0.1) is 6.92 Å². The first-order chi connectivity index (χ1) is 12.9. The lowest BCUT2D eigenvalue weighted by molar-refractivity contribution is -0.123. The number of carbonyl (C=O) groups is 2. The molecule has 2 aromatic carbocycles. The van der Waals surface area contributed by atoms with E-state index in [9.17, 15) is 9.59 Å². The van der Waals surface area contributed by atoms with Gasteiger partial charge in [-0.05, 0) is 31.5 Å². The number of nitrogens with one attached hydrogen (secondary N) is 1. The lowest BCUT2D eigenvalue weighted by atomic mass is 10.2. The molecule has 0 radical (unpaired) electrons. The number of esters is 1. The van der Waals surface area contributed by atoms with Crippen LogP contribution in [0.1, 0.15) is 23.0 Å². The highest BCUT2D eigenvalue weighted by Crippen LogP contribution is 2.24. The summed E-state index contributed by atoms with van der Waals surface area (Å²) in [4.78, 5) is 28.9. The van der Waals surface area contributed by atoms with Crippen LogP contribution in [0.2, 0.25) is 5.02 Å². The van der Waals surface area contributed by atoms with E-state index < -0.39 is 18.0 Å². The van der Waals surface area contributed by atoms with Gasteiger partial charge in [0, 0.05) is 21.7 Å². The van der Waals surface area contributed by atoms with Gasteiger partial charge in [-0.25, -0.2) is 9.78 Å². The van der Waals surface area contributed by atoms with Crippen molar-refractivity contribution in [2.45, 2.75) is 20.0 Å². The van der Waals surface area contributed by atoms with Crippen LogP contribution in [0.15, 0.2) is 53.9 Å². The molecule has 5 nitrogen and oxygen atoms in total. The molecule has 0 bridgehead atoms. The molecule has 0 spiro atoms. The average molecular weight is 401 g/mol. The molecular formula is C20H17ClN2O3S. The highest BCUT2D eigenvalue weighted by molar-refractivity contribution is 7.13. The second-order valence-electron chi connectivity index (χ2n) is 5.90. The van der Waals surface area contributed by atoms with Gasteiger partial charge in [0.05, 0.1) is 0 Å². The Hall–Kier alpha value is -2.70. The van der Waals surface area contributed by atoms with E-state index in [0.717, 1.165) is 11.1 Å². The molecule has 138 valence electrons. The predicted octanol–water partition coefficient (Wildman–Crippen LogP) is 4.96. The number of benzene rings is 2. The standard InChI is InChI=1S/C20H17ClN2O3S/c1-12-8-9-15(21)10-16(12)22-18(24)13(2)26-20(25)17-11-27-19(23-17)14-6-4-3-5-7-14/h3-11,13H,1-2H3,(H,22,24)/t13-/m0/s1. The molecule has 0 unspecified atom stereocenters. The number of anilines is 1. The first-order valence-electron chi connectivity index (χ1n) is 8.23. The molecule has 0 aliphatic rings. The zero-order valence-electron chi connectivity index (χ0n) is 14.7. The lowest BCUT2D eigenvalue weighted by Gasteiger charge is -2.14. The van der Waals surface area contributed by atoms with Crippen LogP contribution in [0.5, 0.6) is 0 Å². The van der Waals surface area contributed by atoms with E-state index in [4.69, 9.17) is 16.3 Å². The average Bonchev–Trinajstić information content (AvgIpc) is 3.15. The number of thiazole rings is 1. The maximum absolute atomic E-state index is 12.3. The number of ether oxygens (including phenoxy) is 1. The van der Waals surface area contributed by atoms with Crippen molar-refractivity contribution in [2.75, 3.05) is 5.32 Å². The molecule has 0 saturated carbocycles. The van der Waals surface area contributed by atoms with E-state index in [-0.39, 0.29) is 5.69 Å². The van der Waals surface area contributed by atoms with Crippen molar-refractivity contribution in [1.82, 2.24) is 4.98 Å². The molecule has 27 heavy (non-hydrogen) atoms. The van der Waals surface area contributed by atoms with Crippen molar-refractivity contribution in [3.8, 4) is 10.6 Å². The zero-order valence-corrected chi connectivity index (χ0v) is 16.3. The van der Waals surface area contributed by atoms with Gasteiger partial charge in [-0.3, -0.25) is 4.79 Å². The van der Waals surface area contributed by atoms with E-state index in [2.05, 4.69) is 10.3 Å². The van der Waals surface area contributed by atoms with Crippen LogP contribution in [-0.4, -0.2) is 23.0 Å². The summed E-state index contributed by atoms with van der Waals surface area (Å²) in [5.74, 6) is -1.08. The first kappa shape index (κ1) is 19.1. The summed E-state index contributed by atoms with van der Waals surface area (Å²) in [6, 6.07) is 14.7. The largest absolute Gasteiger partial charge is 0.448 e. The van der Waals surface area contributed by atoms with Gasteiger partial charge in [0.25, 0.3) is 5.91 Å². The van der Waals surface area contributed by atoms with Gasteiger partial charge >= 0.3 is 5.97 Å². The van der Waals surface area contributed by atoms with Crippen LogP contribution in [0.25, 0.3) is 10.6 Å². The summed E-state index contributed by atoms with van der Waals surface area (Å²) >= 11 is 7.30. The smallest absolute Gasteiger partial charge is 0.358 e. The fourth-order valence-corrected chi connectivity index (χ4v) is 3.29. The molecule has 3 aromatic rings. The number of nitrogens with zero attached hydrogens (tertiary/aromatic N) is 1. The van der Waals surface area contributed by atoms with Crippen molar-refractivity contribution in [2.24, 2.45) is 0 Å². The fraction of sp³-hybridized carbons (Fsp3) is 0.150. The van der Waals surface area contributed by atoms with Crippen molar-refractivity contribution in [3.63, 3.8) is 0 Å². The topological polar surface area (TPSA) is 68.3 Å². The molecule has 0 aliphatic heterocycles. The van der Waals surface area contributed by atoms with Crippen LogP contribution < -0.4 is 5.32 Å². The zero-order chi connectivity index (χ0) is 19.4. The highest BCUT2D eigenvalue weighted by atomic mass is 35.5. The van der Waals surface area contributed by atoms with Crippen LogP contribution in [0.4, 0.5) is 5.69 Å². The van der Waals surface area contributed by atoms with Crippen LogP contribution >= 0.6 is 22.9 Å². The summed E-state index contributed by atoms with van der Waals surface area (Å²) in [6.07, 6.45) is -0.974. The molecule has 0 saturated heterocycles.